The minimum Gasteiger partial charge on any atom is -0.455 e. The Morgan fingerprint density at radius 1 is 0.519 bits per heavy atom. The molecule has 4 nitrogen and oxygen atoms in total. The summed E-state index contributed by atoms with van der Waals surface area (Å²) in [5, 5.41) is 2.17. The van der Waals surface area contributed by atoms with E-state index in [4.69, 9.17) is 14.4 Å². The fraction of sp³-hybridized carbons (Fsp3) is 0.0417. The minimum absolute atomic E-state index is 0.306. The van der Waals surface area contributed by atoms with Crippen LogP contribution in [0.25, 0.3) is 66.6 Å². The van der Waals surface area contributed by atoms with Crippen LogP contribution < -0.4 is 4.90 Å². The molecule has 0 spiro atoms. The van der Waals surface area contributed by atoms with Gasteiger partial charge in [0, 0.05) is 45.3 Å². The Morgan fingerprint density at radius 3 is 1.88 bits per heavy atom. The van der Waals surface area contributed by atoms with Gasteiger partial charge in [0.05, 0.1) is 33.5 Å². The van der Waals surface area contributed by atoms with E-state index < -0.39 is 0 Å². The van der Waals surface area contributed by atoms with Crippen molar-refractivity contribution in [2.24, 2.45) is 11.8 Å². The molecule has 8 aromatic rings. The van der Waals surface area contributed by atoms with Crippen LogP contribution in [0.5, 0.6) is 0 Å². The molecule has 52 heavy (non-hydrogen) atoms. The lowest BCUT2D eigenvalue weighted by Crippen LogP contribution is -2.21. The van der Waals surface area contributed by atoms with Crippen molar-refractivity contribution < 1.29 is 4.42 Å². The highest BCUT2D eigenvalue weighted by atomic mass is 16.3. The number of anilines is 2. The van der Waals surface area contributed by atoms with Gasteiger partial charge in [-0.05, 0) is 54.1 Å². The van der Waals surface area contributed by atoms with E-state index in [0.717, 1.165) is 83.7 Å². The highest BCUT2D eigenvalue weighted by molar-refractivity contribution is 6.16. The zero-order valence-electron chi connectivity index (χ0n) is 28.3. The maximum Gasteiger partial charge on any atom is 0.145 e. The Labute approximate surface area is 302 Å². The molecular weight excluding hydrogens is 635 g/mol. The van der Waals surface area contributed by atoms with Crippen molar-refractivity contribution in [2.75, 3.05) is 4.90 Å². The van der Waals surface area contributed by atoms with Crippen LogP contribution in [0.3, 0.4) is 0 Å². The first-order valence-corrected chi connectivity index (χ1v) is 17.8. The maximum atomic E-state index is 6.77. The summed E-state index contributed by atoms with van der Waals surface area (Å²) in [4.78, 5) is 12.6. The Kier molecular flexibility index (Phi) is 7.24. The van der Waals surface area contributed by atoms with Crippen LogP contribution in [-0.4, -0.2) is 9.97 Å². The van der Waals surface area contributed by atoms with Crippen LogP contribution in [0, 0.1) is 11.8 Å². The summed E-state index contributed by atoms with van der Waals surface area (Å²) in [5.74, 6) is 0.677. The van der Waals surface area contributed by atoms with Crippen molar-refractivity contribution in [3.8, 4) is 33.6 Å². The predicted octanol–water partition coefficient (Wildman–Crippen LogP) is 12.5. The summed E-state index contributed by atoms with van der Waals surface area (Å²) in [5.41, 5.74) is 12.7. The minimum atomic E-state index is 0.306. The average Bonchev–Trinajstić information content (AvgIpc) is 3.61. The number of fused-ring (bicyclic) bond motifs is 5. The third kappa shape index (κ3) is 5.16. The summed E-state index contributed by atoms with van der Waals surface area (Å²) in [7, 11) is 0. The van der Waals surface area contributed by atoms with Crippen LogP contribution in [0.1, 0.15) is 0 Å². The summed E-state index contributed by atoms with van der Waals surface area (Å²) in [6.45, 7) is 0. The molecule has 6 aromatic carbocycles. The van der Waals surface area contributed by atoms with Gasteiger partial charge in [-0.3, -0.25) is 0 Å². The predicted molar refractivity (Wildman–Crippen MR) is 214 cm³/mol. The van der Waals surface area contributed by atoms with E-state index in [9.17, 15) is 0 Å². The summed E-state index contributed by atoms with van der Waals surface area (Å²) in [6.07, 6.45) is 15.8. The average molecular weight is 668 g/mol. The zero-order chi connectivity index (χ0) is 34.4. The van der Waals surface area contributed by atoms with Gasteiger partial charge < -0.3 is 9.32 Å². The third-order valence-electron chi connectivity index (χ3n) is 10.2. The van der Waals surface area contributed by atoms with Gasteiger partial charge in [-0.1, -0.05) is 140 Å². The largest absolute Gasteiger partial charge is 0.455 e. The SMILES string of the molecule is C1=CC2C=CC(N(c3ccccc3)c3ccc(-c4ccc(-c5nc6ccccc6nc5-c5ccccc5)cc4)c4oc5ccccc5c34)=CC2C=C1. The number of furan rings is 1. The van der Waals surface area contributed by atoms with Crippen LogP contribution in [0.4, 0.5) is 11.4 Å². The number of rotatable bonds is 6. The number of hydrogen-bond acceptors (Lipinski definition) is 4. The Morgan fingerprint density at radius 2 is 1.13 bits per heavy atom. The van der Waals surface area contributed by atoms with Gasteiger partial charge in [-0.2, -0.15) is 0 Å². The zero-order valence-corrected chi connectivity index (χ0v) is 28.3. The van der Waals surface area contributed by atoms with E-state index in [0.29, 0.717) is 11.8 Å². The van der Waals surface area contributed by atoms with Gasteiger partial charge in [0.2, 0.25) is 0 Å². The molecule has 2 atom stereocenters. The fourth-order valence-electron chi connectivity index (χ4n) is 7.65. The van der Waals surface area contributed by atoms with Crippen molar-refractivity contribution in [1.82, 2.24) is 9.97 Å². The number of para-hydroxylation sites is 4. The fourth-order valence-corrected chi connectivity index (χ4v) is 7.65. The van der Waals surface area contributed by atoms with E-state index in [1.54, 1.807) is 0 Å². The first-order valence-electron chi connectivity index (χ1n) is 17.8. The molecule has 2 unspecified atom stereocenters. The van der Waals surface area contributed by atoms with E-state index in [-0.39, 0.29) is 0 Å². The normalized spacial score (nSPS) is 16.3. The Bertz CT molecular complexity index is 2740. The highest BCUT2D eigenvalue weighted by Gasteiger charge is 2.26. The summed E-state index contributed by atoms with van der Waals surface area (Å²) in [6, 6.07) is 50.5. The molecule has 2 heterocycles. The number of aromatic nitrogens is 2. The second-order valence-electron chi connectivity index (χ2n) is 13.3. The molecule has 0 bridgehead atoms. The molecule has 0 saturated heterocycles. The van der Waals surface area contributed by atoms with Gasteiger partial charge in [0.25, 0.3) is 0 Å². The number of benzene rings is 6. The Balaban J connectivity index is 1.13. The number of hydrogen-bond donors (Lipinski definition) is 0. The van der Waals surface area contributed by atoms with E-state index in [2.05, 4.69) is 144 Å². The van der Waals surface area contributed by atoms with Crippen molar-refractivity contribution in [1.29, 1.82) is 0 Å². The molecule has 0 amide bonds. The molecule has 2 aliphatic carbocycles. The molecule has 0 fully saturated rings. The van der Waals surface area contributed by atoms with Crippen LogP contribution >= 0.6 is 0 Å². The summed E-state index contributed by atoms with van der Waals surface area (Å²) < 4.78 is 6.77. The lowest BCUT2D eigenvalue weighted by molar-refractivity contribution is 0.652. The van der Waals surface area contributed by atoms with Crippen LogP contribution in [-0.2, 0) is 0 Å². The van der Waals surface area contributed by atoms with E-state index in [1.165, 1.54) is 0 Å². The number of allylic oxidation sites excluding steroid dienone is 7. The monoisotopic (exact) mass is 667 g/mol. The second-order valence-corrected chi connectivity index (χ2v) is 13.3. The molecule has 0 N–H and O–H groups in total. The molecule has 0 saturated carbocycles. The topological polar surface area (TPSA) is 42.2 Å². The van der Waals surface area contributed by atoms with Crippen molar-refractivity contribution in [2.45, 2.75) is 0 Å². The molecule has 0 aliphatic heterocycles. The molecule has 2 aromatic heterocycles. The molecule has 4 heteroatoms. The molecule has 246 valence electrons. The van der Waals surface area contributed by atoms with Gasteiger partial charge >= 0.3 is 0 Å². The lowest BCUT2D eigenvalue weighted by Gasteiger charge is -2.32. The van der Waals surface area contributed by atoms with Crippen LogP contribution in [0.2, 0.25) is 0 Å². The van der Waals surface area contributed by atoms with Crippen molar-refractivity contribution in [3.63, 3.8) is 0 Å². The second kappa shape index (κ2) is 12.5. The summed E-state index contributed by atoms with van der Waals surface area (Å²) >= 11 is 0. The number of nitrogens with zero attached hydrogens (tertiary/aromatic N) is 3. The quantitative estimate of drug-likeness (QED) is 0.177. The molecular formula is C48H33N3O. The molecule has 2 aliphatic rings. The maximum absolute atomic E-state index is 6.77. The van der Waals surface area contributed by atoms with Gasteiger partial charge in [0.1, 0.15) is 11.2 Å². The first-order chi connectivity index (χ1) is 25.8. The van der Waals surface area contributed by atoms with Crippen molar-refractivity contribution in [3.05, 3.63) is 194 Å². The van der Waals surface area contributed by atoms with Gasteiger partial charge in [0.15, 0.2) is 0 Å². The third-order valence-corrected chi connectivity index (χ3v) is 10.2. The van der Waals surface area contributed by atoms with Gasteiger partial charge in [-0.25, -0.2) is 9.97 Å². The highest BCUT2D eigenvalue weighted by Crippen LogP contribution is 2.46. The molecule has 10 rings (SSSR count). The lowest BCUT2D eigenvalue weighted by atomic mass is 9.84. The van der Waals surface area contributed by atoms with E-state index in [1.807, 2.05) is 48.5 Å². The molecule has 0 radical (unpaired) electrons. The van der Waals surface area contributed by atoms with E-state index >= 15 is 0 Å². The van der Waals surface area contributed by atoms with Crippen LogP contribution in [0.15, 0.2) is 198 Å². The first kappa shape index (κ1) is 30.1. The smallest absolute Gasteiger partial charge is 0.145 e. The Hall–Kier alpha value is -6.78. The van der Waals surface area contributed by atoms with Crippen molar-refractivity contribution >= 4 is 44.3 Å². The standard InChI is InChI=1S/C48H33N3O/c1-3-14-34(15-4-1)46-47(50-42-21-11-10-20-41(42)49-46)35-25-23-33(24-26-35)39-29-30-43(45-40-19-9-12-22-44(40)52-48(39)45)51(37-17-5-2-6-18-37)38-28-27-32-13-7-8-16-36(32)31-38/h1-32,36H. The van der Waals surface area contributed by atoms with Gasteiger partial charge in [-0.15, -0.1) is 0 Å².